The van der Waals surface area contributed by atoms with Crippen LogP contribution in [-0.4, -0.2) is 30.5 Å². The van der Waals surface area contributed by atoms with Gasteiger partial charge in [0, 0.05) is 13.0 Å². The van der Waals surface area contributed by atoms with Crippen molar-refractivity contribution in [1.29, 1.82) is 0 Å². The molecule has 16 heavy (non-hydrogen) atoms. The van der Waals surface area contributed by atoms with E-state index in [0.29, 0.717) is 19.6 Å². The van der Waals surface area contributed by atoms with Crippen molar-refractivity contribution in [2.75, 3.05) is 13.2 Å². The van der Waals surface area contributed by atoms with E-state index in [1.807, 2.05) is 26.0 Å². The van der Waals surface area contributed by atoms with E-state index in [-0.39, 0.29) is 6.10 Å². The molecule has 0 radical (unpaired) electrons. The predicted molar refractivity (Wildman–Crippen MR) is 61.8 cm³/mol. The zero-order chi connectivity index (χ0) is 11.5. The maximum Gasteiger partial charge on any atom is 0.148 e. The summed E-state index contributed by atoms with van der Waals surface area (Å²) in [5.41, 5.74) is 2.25. The van der Waals surface area contributed by atoms with Crippen LogP contribution in [-0.2, 0) is 4.74 Å². The highest BCUT2D eigenvalue weighted by molar-refractivity contribution is 5.36. The van der Waals surface area contributed by atoms with Gasteiger partial charge in [-0.1, -0.05) is 12.1 Å². The number of hydrogen-bond acceptors (Lipinski definition) is 3. The van der Waals surface area contributed by atoms with Gasteiger partial charge in [-0.15, -0.1) is 0 Å². The molecule has 3 heteroatoms. The Morgan fingerprint density at radius 3 is 2.94 bits per heavy atom. The molecule has 0 bridgehead atoms. The monoisotopic (exact) mass is 222 g/mol. The summed E-state index contributed by atoms with van der Waals surface area (Å²) in [6, 6.07) is 6.08. The van der Waals surface area contributed by atoms with E-state index in [1.54, 1.807) is 0 Å². The normalized spacial score (nSPS) is 25.4. The Labute approximate surface area is 96.0 Å². The summed E-state index contributed by atoms with van der Waals surface area (Å²) in [7, 11) is 0. The van der Waals surface area contributed by atoms with Crippen molar-refractivity contribution in [1.82, 2.24) is 0 Å². The standard InChI is InChI=1S/C13H18O3/c1-9-3-4-10(2)12(7-9)16-13-8-15-6-5-11(13)14/h3-4,7,11,13-14H,5-6,8H2,1-2H3. The molecule has 2 atom stereocenters. The molecule has 1 saturated heterocycles. The first-order valence-corrected chi connectivity index (χ1v) is 5.66. The minimum atomic E-state index is -0.423. The van der Waals surface area contributed by atoms with E-state index < -0.39 is 6.10 Å². The summed E-state index contributed by atoms with van der Waals surface area (Å²) >= 11 is 0. The molecule has 0 aromatic heterocycles. The van der Waals surface area contributed by atoms with Crippen LogP contribution in [0.4, 0.5) is 0 Å². The van der Waals surface area contributed by atoms with Gasteiger partial charge in [-0.3, -0.25) is 0 Å². The molecule has 88 valence electrons. The minimum Gasteiger partial charge on any atom is -0.485 e. The number of hydrogen-bond donors (Lipinski definition) is 1. The fraction of sp³-hybridized carbons (Fsp3) is 0.538. The molecule has 1 aliphatic rings. The number of ether oxygens (including phenoxy) is 2. The highest BCUT2D eigenvalue weighted by atomic mass is 16.5. The Kier molecular flexibility index (Phi) is 3.46. The Morgan fingerprint density at radius 2 is 2.19 bits per heavy atom. The van der Waals surface area contributed by atoms with Gasteiger partial charge in [0.05, 0.1) is 12.7 Å². The van der Waals surface area contributed by atoms with Gasteiger partial charge >= 0.3 is 0 Å². The van der Waals surface area contributed by atoms with Crippen LogP contribution in [0.15, 0.2) is 18.2 Å². The van der Waals surface area contributed by atoms with Crippen LogP contribution in [0.2, 0.25) is 0 Å². The van der Waals surface area contributed by atoms with Gasteiger partial charge < -0.3 is 14.6 Å². The molecule has 2 rings (SSSR count). The summed E-state index contributed by atoms with van der Waals surface area (Å²) in [6.07, 6.45) is -0.0156. The average molecular weight is 222 g/mol. The number of aliphatic hydroxyl groups is 1. The molecule has 0 amide bonds. The van der Waals surface area contributed by atoms with Crippen molar-refractivity contribution in [2.45, 2.75) is 32.5 Å². The summed E-state index contributed by atoms with van der Waals surface area (Å²) in [5.74, 6) is 0.842. The Morgan fingerprint density at radius 1 is 1.38 bits per heavy atom. The maximum atomic E-state index is 9.79. The summed E-state index contributed by atoms with van der Waals surface area (Å²) < 4.78 is 11.1. The van der Waals surface area contributed by atoms with Crippen LogP contribution < -0.4 is 4.74 Å². The van der Waals surface area contributed by atoms with E-state index in [4.69, 9.17) is 9.47 Å². The van der Waals surface area contributed by atoms with Crippen molar-refractivity contribution in [3.63, 3.8) is 0 Å². The lowest BCUT2D eigenvalue weighted by atomic mass is 10.1. The smallest absolute Gasteiger partial charge is 0.148 e. The molecule has 1 fully saturated rings. The number of benzene rings is 1. The third-order valence-corrected chi connectivity index (χ3v) is 2.89. The molecule has 1 heterocycles. The van der Waals surface area contributed by atoms with E-state index >= 15 is 0 Å². The molecule has 2 unspecified atom stereocenters. The lowest BCUT2D eigenvalue weighted by Crippen LogP contribution is -2.41. The average Bonchev–Trinajstić information content (AvgIpc) is 2.27. The number of aryl methyl sites for hydroxylation is 2. The molecule has 0 aliphatic carbocycles. The van der Waals surface area contributed by atoms with E-state index in [2.05, 4.69) is 6.07 Å². The van der Waals surface area contributed by atoms with Crippen molar-refractivity contribution >= 4 is 0 Å². The molecule has 0 spiro atoms. The van der Waals surface area contributed by atoms with Crippen molar-refractivity contribution in [3.05, 3.63) is 29.3 Å². The van der Waals surface area contributed by atoms with Gasteiger partial charge in [0.2, 0.25) is 0 Å². The maximum absolute atomic E-state index is 9.79. The van der Waals surface area contributed by atoms with E-state index in [0.717, 1.165) is 16.9 Å². The summed E-state index contributed by atoms with van der Waals surface area (Å²) in [4.78, 5) is 0. The second-order valence-electron chi connectivity index (χ2n) is 4.36. The third kappa shape index (κ3) is 2.54. The Bertz CT molecular complexity index is 362. The van der Waals surface area contributed by atoms with Crippen LogP contribution in [0.25, 0.3) is 0 Å². The van der Waals surface area contributed by atoms with Gasteiger partial charge in [-0.05, 0) is 31.0 Å². The first-order valence-electron chi connectivity index (χ1n) is 5.66. The van der Waals surface area contributed by atoms with Crippen LogP contribution in [0.5, 0.6) is 5.75 Å². The van der Waals surface area contributed by atoms with E-state index in [1.165, 1.54) is 0 Å². The number of rotatable bonds is 2. The third-order valence-electron chi connectivity index (χ3n) is 2.89. The largest absolute Gasteiger partial charge is 0.485 e. The zero-order valence-corrected chi connectivity index (χ0v) is 9.77. The second kappa shape index (κ2) is 4.85. The van der Waals surface area contributed by atoms with Crippen molar-refractivity contribution < 1.29 is 14.6 Å². The van der Waals surface area contributed by atoms with Gasteiger partial charge in [0.1, 0.15) is 11.9 Å². The number of aliphatic hydroxyl groups excluding tert-OH is 1. The quantitative estimate of drug-likeness (QED) is 0.829. The fourth-order valence-electron chi connectivity index (χ4n) is 1.81. The summed E-state index contributed by atoms with van der Waals surface area (Å²) in [5, 5.41) is 9.79. The van der Waals surface area contributed by atoms with Gasteiger partial charge in [0.25, 0.3) is 0 Å². The van der Waals surface area contributed by atoms with Crippen molar-refractivity contribution in [2.24, 2.45) is 0 Å². The second-order valence-corrected chi connectivity index (χ2v) is 4.36. The molecule has 1 aromatic carbocycles. The first-order chi connectivity index (χ1) is 7.66. The molecule has 0 saturated carbocycles. The topological polar surface area (TPSA) is 38.7 Å². The van der Waals surface area contributed by atoms with Crippen LogP contribution in [0, 0.1) is 13.8 Å². The van der Waals surface area contributed by atoms with Gasteiger partial charge in [0.15, 0.2) is 0 Å². The van der Waals surface area contributed by atoms with E-state index in [9.17, 15) is 5.11 Å². The van der Waals surface area contributed by atoms with Crippen molar-refractivity contribution in [3.8, 4) is 5.75 Å². The molecule has 1 N–H and O–H groups in total. The predicted octanol–water partition coefficient (Wildman–Crippen LogP) is 1.83. The SMILES string of the molecule is Cc1ccc(C)c(OC2COCCC2O)c1. The molecular weight excluding hydrogens is 204 g/mol. The zero-order valence-electron chi connectivity index (χ0n) is 9.77. The highest BCUT2D eigenvalue weighted by Gasteiger charge is 2.25. The highest BCUT2D eigenvalue weighted by Crippen LogP contribution is 2.23. The fourth-order valence-corrected chi connectivity index (χ4v) is 1.81. The molecule has 3 nitrogen and oxygen atoms in total. The first kappa shape index (κ1) is 11.4. The van der Waals surface area contributed by atoms with Crippen LogP contribution in [0.3, 0.4) is 0 Å². The molecule has 1 aromatic rings. The Hall–Kier alpha value is -1.06. The summed E-state index contributed by atoms with van der Waals surface area (Å²) in [6.45, 7) is 5.12. The molecule has 1 aliphatic heterocycles. The van der Waals surface area contributed by atoms with Gasteiger partial charge in [-0.2, -0.15) is 0 Å². The van der Waals surface area contributed by atoms with Crippen LogP contribution >= 0.6 is 0 Å². The lowest BCUT2D eigenvalue weighted by molar-refractivity contribution is -0.0737. The van der Waals surface area contributed by atoms with Gasteiger partial charge in [-0.25, -0.2) is 0 Å². The van der Waals surface area contributed by atoms with Crippen LogP contribution in [0.1, 0.15) is 17.5 Å². The minimum absolute atomic E-state index is 0.241. The lowest BCUT2D eigenvalue weighted by Gasteiger charge is -2.28. The Balaban J connectivity index is 2.10. The molecular formula is C13H18O3.